The van der Waals surface area contributed by atoms with Crippen molar-refractivity contribution in [1.82, 2.24) is 5.32 Å². The first-order valence-electron chi connectivity index (χ1n) is 3.42. The van der Waals surface area contributed by atoms with Gasteiger partial charge in [0.25, 0.3) is 0 Å². The lowest BCUT2D eigenvalue weighted by atomic mass is 10.4. The van der Waals surface area contributed by atoms with E-state index >= 15 is 0 Å². The van der Waals surface area contributed by atoms with Crippen LogP contribution in [-0.4, -0.2) is 28.3 Å². The highest BCUT2D eigenvalue weighted by molar-refractivity contribution is 7.85. The molecule has 2 nitrogen and oxygen atoms in total. The second kappa shape index (κ2) is 3.32. The van der Waals surface area contributed by atoms with E-state index < -0.39 is 10.8 Å². The lowest BCUT2D eigenvalue weighted by Crippen LogP contribution is -2.19. The molecule has 0 aromatic rings. The van der Waals surface area contributed by atoms with Gasteiger partial charge in [0, 0.05) is 28.3 Å². The van der Waals surface area contributed by atoms with Gasteiger partial charge in [-0.3, -0.25) is 4.21 Å². The molecule has 3 heteroatoms. The molecular formula is C6H13NOS. The first kappa shape index (κ1) is 7.22. The molecule has 1 saturated heterocycles. The third-order valence-corrected chi connectivity index (χ3v) is 3.39. The molecule has 1 fully saturated rings. The van der Waals surface area contributed by atoms with Crippen molar-refractivity contribution < 1.29 is 4.21 Å². The van der Waals surface area contributed by atoms with Crippen molar-refractivity contribution in [3.05, 3.63) is 0 Å². The third-order valence-electron chi connectivity index (χ3n) is 1.67. The highest BCUT2D eigenvalue weighted by Crippen LogP contribution is 2.05. The van der Waals surface area contributed by atoms with Crippen molar-refractivity contribution in [3.63, 3.8) is 0 Å². The summed E-state index contributed by atoms with van der Waals surface area (Å²) >= 11 is 0. The number of nitrogens with one attached hydrogen (secondary N) is 1. The molecule has 2 unspecified atom stereocenters. The largest absolute Gasteiger partial charge is 0.315 e. The fraction of sp³-hybridized carbons (Fsp3) is 1.00. The van der Waals surface area contributed by atoms with Crippen LogP contribution in [0.15, 0.2) is 0 Å². The van der Waals surface area contributed by atoms with Gasteiger partial charge in [0.05, 0.1) is 0 Å². The van der Waals surface area contributed by atoms with Crippen LogP contribution >= 0.6 is 0 Å². The van der Waals surface area contributed by atoms with E-state index in [-0.39, 0.29) is 0 Å². The van der Waals surface area contributed by atoms with Crippen LogP contribution in [0, 0.1) is 0 Å². The number of hydrogen-bond donors (Lipinski definition) is 1. The lowest BCUT2D eigenvalue weighted by molar-refractivity contribution is 0.673. The van der Waals surface area contributed by atoms with E-state index in [2.05, 4.69) is 5.32 Å². The summed E-state index contributed by atoms with van der Waals surface area (Å²) in [6, 6.07) is 0. The van der Waals surface area contributed by atoms with Crippen molar-refractivity contribution in [2.24, 2.45) is 0 Å². The van der Waals surface area contributed by atoms with Crippen LogP contribution in [0.1, 0.15) is 13.3 Å². The van der Waals surface area contributed by atoms with Crippen LogP contribution < -0.4 is 5.32 Å². The Balaban J connectivity index is 2.32. The zero-order chi connectivity index (χ0) is 6.69. The maximum Gasteiger partial charge on any atom is 0.0484 e. The van der Waals surface area contributed by atoms with Crippen LogP contribution in [0.3, 0.4) is 0 Å². The fourth-order valence-electron chi connectivity index (χ4n) is 1.09. The molecule has 1 N–H and O–H groups in total. The van der Waals surface area contributed by atoms with E-state index in [1.807, 2.05) is 6.92 Å². The Kier molecular flexibility index (Phi) is 2.66. The van der Waals surface area contributed by atoms with Gasteiger partial charge < -0.3 is 5.32 Å². The highest BCUT2D eigenvalue weighted by Gasteiger charge is 2.18. The molecule has 9 heavy (non-hydrogen) atoms. The molecule has 0 radical (unpaired) electrons. The Morgan fingerprint density at radius 2 is 2.56 bits per heavy atom. The van der Waals surface area contributed by atoms with E-state index in [0.29, 0.717) is 5.25 Å². The molecule has 0 aliphatic carbocycles. The Morgan fingerprint density at radius 1 is 1.78 bits per heavy atom. The van der Waals surface area contributed by atoms with Crippen molar-refractivity contribution >= 4 is 10.8 Å². The predicted molar refractivity (Wildman–Crippen MR) is 40.0 cm³/mol. The number of rotatable bonds is 2. The van der Waals surface area contributed by atoms with E-state index in [4.69, 9.17) is 0 Å². The molecule has 1 aliphatic rings. The molecule has 0 aromatic carbocycles. The molecule has 0 amide bonds. The van der Waals surface area contributed by atoms with Crippen LogP contribution in [0.2, 0.25) is 0 Å². The standard InChI is InChI=1S/C6H13NOS/c1-2-9(8)6-3-4-7-5-6/h6-7H,2-5H2,1H3. The van der Waals surface area contributed by atoms with Gasteiger partial charge in [-0.05, 0) is 13.0 Å². The zero-order valence-corrected chi connectivity index (χ0v) is 6.54. The second-order valence-corrected chi connectivity index (χ2v) is 4.29. The van der Waals surface area contributed by atoms with Crippen molar-refractivity contribution in [1.29, 1.82) is 0 Å². The lowest BCUT2D eigenvalue weighted by Gasteiger charge is -2.03. The molecule has 1 heterocycles. The van der Waals surface area contributed by atoms with Gasteiger partial charge >= 0.3 is 0 Å². The monoisotopic (exact) mass is 147 g/mol. The zero-order valence-electron chi connectivity index (χ0n) is 5.72. The van der Waals surface area contributed by atoms with Gasteiger partial charge in [0.1, 0.15) is 0 Å². The molecule has 0 aromatic heterocycles. The molecule has 1 aliphatic heterocycles. The minimum atomic E-state index is -0.565. The van der Waals surface area contributed by atoms with Gasteiger partial charge in [-0.25, -0.2) is 0 Å². The van der Waals surface area contributed by atoms with Crippen LogP contribution in [0.25, 0.3) is 0 Å². The van der Waals surface area contributed by atoms with Crippen molar-refractivity contribution in [2.75, 3.05) is 18.8 Å². The Morgan fingerprint density at radius 3 is 3.00 bits per heavy atom. The predicted octanol–water partition coefficient (Wildman–Crippen LogP) is 0.117. The van der Waals surface area contributed by atoms with Gasteiger partial charge in [-0.2, -0.15) is 0 Å². The van der Waals surface area contributed by atoms with Crippen LogP contribution in [0.5, 0.6) is 0 Å². The van der Waals surface area contributed by atoms with E-state index in [1.165, 1.54) is 0 Å². The second-order valence-electron chi connectivity index (χ2n) is 2.28. The summed E-state index contributed by atoms with van der Waals surface area (Å²) in [4.78, 5) is 0. The molecule has 0 bridgehead atoms. The summed E-state index contributed by atoms with van der Waals surface area (Å²) in [5, 5.41) is 3.63. The smallest absolute Gasteiger partial charge is 0.0484 e. The van der Waals surface area contributed by atoms with Crippen LogP contribution in [0.4, 0.5) is 0 Å². The molecule has 54 valence electrons. The van der Waals surface area contributed by atoms with E-state index in [1.54, 1.807) is 0 Å². The van der Waals surface area contributed by atoms with E-state index in [9.17, 15) is 4.21 Å². The molecule has 1 rings (SSSR count). The summed E-state index contributed by atoms with van der Waals surface area (Å²) < 4.78 is 11.1. The molecular weight excluding hydrogens is 134 g/mol. The van der Waals surface area contributed by atoms with Gasteiger partial charge in [0.2, 0.25) is 0 Å². The molecule has 0 saturated carbocycles. The van der Waals surface area contributed by atoms with E-state index in [0.717, 1.165) is 25.3 Å². The minimum absolute atomic E-state index is 0.440. The molecule has 2 atom stereocenters. The van der Waals surface area contributed by atoms with Crippen molar-refractivity contribution in [3.8, 4) is 0 Å². The first-order valence-corrected chi connectivity index (χ1v) is 4.80. The van der Waals surface area contributed by atoms with Gasteiger partial charge in [-0.15, -0.1) is 0 Å². The highest BCUT2D eigenvalue weighted by atomic mass is 32.2. The maximum absolute atomic E-state index is 11.1. The summed E-state index contributed by atoms with van der Waals surface area (Å²) in [6.45, 7) is 3.99. The quantitative estimate of drug-likeness (QED) is 0.601. The Bertz CT molecular complexity index is 110. The summed E-state index contributed by atoms with van der Waals surface area (Å²) in [6.07, 6.45) is 1.10. The SMILES string of the molecule is CCS(=O)C1CCNC1. The Labute approximate surface area is 58.5 Å². The van der Waals surface area contributed by atoms with Crippen molar-refractivity contribution in [2.45, 2.75) is 18.6 Å². The Hall–Kier alpha value is 0.110. The maximum atomic E-state index is 11.1. The average molecular weight is 147 g/mol. The minimum Gasteiger partial charge on any atom is -0.315 e. The molecule has 0 spiro atoms. The third kappa shape index (κ3) is 1.76. The normalized spacial score (nSPS) is 30.6. The topological polar surface area (TPSA) is 29.1 Å². The first-order chi connectivity index (χ1) is 4.34. The summed E-state index contributed by atoms with van der Waals surface area (Å²) in [7, 11) is -0.565. The van der Waals surface area contributed by atoms with Gasteiger partial charge in [0.15, 0.2) is 0 Å². The fourth-order valence-corrected chi connectivity index (χ4v) is 2.24. The summed E-state index contributed by atoms with van der Waals surface area (Å²) in [5.41, 5.74) is 0. The van der Waals surface area contributed by atoms with Gasteiger partial charge in [-0.1, -0.05) is 6.92 Å². The number of hydrogen-bond acceptors (Lipinski definition) is 2. The van der Waals surface area contributed by atoms with Crippen LogP contribution in [-0.2, 0) is 10.8 Å². The average Bonchev–Trinajstić information content (AvgIpc) is 2.37. The summed E-state index contributed by atoms with van der Waals surface area (Å²) in [5.74, 6) is 0.812.